The zero-order valence-corrected chi connectivity index (χ0v) is 18.8. The van der Waals surface area contributed by atoms with Crippen LogP contribution < -0.4 is 10.6 Å². The van der Waals surface area contributed by atoms with Crippen LogP contribution in [0.5, 0.6) is 0 Å². The van der Waals surface area contributed by atoms with Crippen LogP contribution in [0.4, 0.5) is 0 Å². The maximum Gasteiger partial charge on any atom is 0.0497 e. The molecule has 0 aliphatic rings. The van der Waals surface area contributed by atoms with Crippen molar-refractivity contribution >= 4 is 32.6 Å². The second-order valence-corrected chi connectivity index (χ2v) is 6.89. The molecule has 0 atom stereocenters. The molecule has 0 aliphatic heterocycles. The number of hydrogen-bond donors (Lipinski definition) is 2. The van der Waals surface area contributed by atoms with Gasteiger partial charge in [-0.1, -0.05) is 70.2 Å². The van der Waals surface area contributed by atoms with Crippen molar-refractivity contribution in [3.8, 4) is 0 Å². The van der Waals surface area contributed by atoms with Crippen LogP contribution in [-0.4, -0.2) is 30.7 Å². The van der Waals surface area contributed by atoms with E-state index in [1.54, 1.807) is 0 Å². The van der Waals surface area contributed by atoms with Gasteiger partial charge in [0.1, 0.15) is 0 Å². The molecule has 3 aromatic carbocycles. The van der Waals surface area contributed by atoms with E-state index in [4.69, 9.17) is 0 Å². The Morgan fingerprint density at radius 1 is 0.586 bits per heavy atom. The van der Waals surface area contributed by atoms with Gasteiger partial charge in [0.2, 0.25) is 0 Å². The minimum atomic E-state index is 1.00. The molecule has 2 N–H and O–H groups in total. The van der Waals surface area contributed by atoms with Gasteiger partial charge in [-0.15, -0.1) is 0 Å². The summed E-state index contributed by atoms with van der Waals surface area (Å²) in [5.74, 6) is 0. The fourth-order valence-electron chi connectivity index (χ4n) is 3.57. The molecule has 0 unspecified atom stereocenters. The van der Waals surface area contributed by atoms with E-state index in [1.807, 2.05) is 0 Å². The molecular weight excluding hydrogens is 354 g/mol. The Labute approximate surface area is 176 Å². The first-order chi connectivity index (χ1) is 14.2. The Hall–Kier alpha value is -2.36. The van der Waals surface area contributed by atoms with E-state index >= 15 is 0 Å². The number of benzene rings is 3. The summed E-state index contributed by atoms with van der Waals surface area (Å²) in [6, 6.07) is 21.9. The van der Waals surface area contributed by atoms with Crippen LogP contribution in [0.25, 0.3) is 32.6 Å². The van der Waals surface area contributed by atoms with E-state index in [1.165, 1.54) is 32.6 Å². The highest BCUT2D eigenvalue weighted by molar-refractivity contribution is 6.12. The number of aryl methyl sites for hydroxylation is 1. The minimum Gasteiger partial charge on any atom is -0.341 e. The van der Waals surface area contributed by atoms with Gasteiger partial charge in [0.15, 0.2) is 0 Å². The molecular formula is C26H37N3. The second kappa shape index (κ2) is 12.3. The molecule has 3 heteroatoms. The van der Waals surface area contributed by atoms with Gasteiger partial charge in [0.05, 0.1) is 0 Å². The molecule has 0 bridgehead atoms. The monoisotopic (exact) mass is 391 g/mol. The number of aromatic nitrogens is 1. The lowest BCUT2D eigenvalue weighted by Gasteiger charge is -2.04. The molecule has 29 heavy (non-hydrogen) atoms. The van der Waals surface area contributed by atoms with Gasteiger partial charge in [-0.25, -0.2) is 0 Å². The van der Waals surface area contributed by atoms with Crippen LogP contribution in [-0.2, 0) is 6.54 Å². The topological polar surface area (TPSA) is 29.0 Å². The molecule has 1 aromatic heterocycles. The van der Waals surface area contributed by atoms with E-state index in [9.17, 15) is 0 Å². The van der Waals surface area contributed by atoms with Crippen LogP contribution >= 0.6 is 0 Å². The SMILES string of the molecule is CCNCC.CCNCC.CCn1c2ccccc2c2cc3ccccc3cc21. The highest BCUT2D eigenvalue weighted by Gasteiger charge is 2.09. The lowest BCUT2D eigenvalue weighted by atomic mass is 10.1. The largest absolute Gasteiger partial charge is 0.341 e. The van der Waals surface area contributed by atoms with Crippen molar-refractivity contribution in [3.63, 3.8) is 0 Å². The molecule has 3 nitrogen and oxygen atoms in total. The van der Waals surface area contributed by atoms with Crippen molar-refractivity contribution in [3.05, 3.63) is 60.7 Å². The average molecular weight is 392 g/mol. The van der Waals surface area contributed by atoms with Gasteiger partial charge in [-0.05, 0) is 62.1 Å². The molecule has 0 saturated heterocycles. The van der Waals surface area contributed by atoms with Crippen LogP contribution in [0, 0.1) is 0 Å². The highest BCUT2D eigenvalue weighted by atomic mass is 15.0. The summed E-state index contributed by atoms with van der Waals surface area (Å²) in [6.07, 6.45) is 0. The molecule has 0 saturated carbocycles. The molecule has 0 amide bonds. The van der Waals surface area contributed by atoms with Crippen LogP contribution in [0.3, 0.4) is 0 Å². The summed E-state index contributed by atoms with van der Waals surface area (Å²) in [7, 11) is 0. The Balaban J connectivity index is 0.000000253. The standard InChI is InChI=1S/C18H15N.2C4H11N/c1-2-19-17-10-6-5-9-15(17)16-11-13-7-3-4-8-14(13)12-18(16)19;2*1-3-5-4-2/h3-12H,2H2,1H3;2*5H,3-4H2,1-2H3. The van der Waals surface area contributed by atoms with Gasteiger partial charge >= 0.3 is 0 Å². The second-order valence-electron chi connectivity index (χ2n) is 6.89. The van der Waals surface area contributed by atoms with E-state index < -0.39 is 0 Å². The molecule has 156 valence electrons. The normalized spacial score (nSPS) is 10.5. The predicted octanol–water partition coefficient (Wildman–Crippen LogP) is 6.20. The zero-order valence-electron chi connectivity index (χ0n) is 18.8. The number of nitrogens with zero attached hydrogens (tertiary/aromatic N) is 1. The summed E-state index contributed by atoms with van der Waals surface area (Å²) in [5, 5.41) is 11.6. The molecule has 0 spiro atoms. The third-order valence-corrected chi connectivity index (χ3v) is 4.96. The number of rotatable bonds is 5. The van der Waals surface area contributed by atoms with Gasteiger partial charge in [0, 0.05) is 28.4 Å². The van der Waals surface area contributed by atoms with Gasteiger partial charge < -0.3 is 15.2 Å². The Morgan fingerprint density at radius 2 is 1.10 bits per heavy atom. The van der Waals surface area contributed by atoms with Crippen molar-refractivity contribution < 1.29 is 0 Å². The zero-order chi connectivity index (χ0) is 21.1. The average Bonchev–Trinajstić information content (AvgIpc) is 3.07. The number of para-hydroxylation sites is 1. The molecule has 0 fully saturated rings. The fourth-order valence-corrected chi connectivity index (χ4v) is 3.57. The van der Waals surface area contributed by atoms with Crippen molar-refractivity contribution in [2.75, 3.05) is 26.2 Å². The molecule has 1 heterocycles. The molecule has 4 aromatic rings. The minimum absolute atomic E-state index is 1.00. The maximum atomic E-state index is 3.11. The number of hydrogen-bond acceptors (Lipinski definition) is 2. The third kappa shape index (κ3) is 5.81. The van der Waals surface area contributed by atoms with Crippen LogP contribution in [0.15, 0.2) is 60.7 Å². The Kier molecular flexibility index (Phi) is 9.69. The third-order valence-electron chi connectivity index (χ3n) is 4.96. The Morgan fingerprint density at radius 3 is 1.62 bits per heavy atom. The fraction of sp³-hybridized carbons (Fsp3) is 0.385. The number of nitrogens with one attached hydrogen (secondary N) is 2. The molecule has 4 rings (SSSR count). The first-order valence-corrected chi connectivity index (χ1v) is 11.0. The highest BCUT2D eigenvalue weighted by Crippen LogP contribution is 2.32. The smallest absolute Gasteiger partial charge is 0.0497 e. The maximum absolute atomic E-state index is 3.11. The molecule has 0 aliphatic carbocycles. The van der Waals surface area contributed by atoms with Crippen molar-refractivity contribution in [2.24, 2.45) is 0 Å². The predicted molar refractivity (Wildman–Crippen MR) is 131 cm³/mol. The van der Waals surface area contributed by atoms with Crippen molar-refractivity contribution in [2.45, 2.75) is 41.2 Å². The van der Waals surface area contributed by atoms with Gasteiger partial charge in [-0.2, -0.15) is 0 Å². The number of fused-ring (bicyclic) bond motifs is 4. The summed E-state index contributed by atoms with van der Waals surface area (Å²) in [4.78, 5) is 0. The van der Waals surface area contributed by atoms with Crippen molar-refractivity contribution in [1.82, 2.24) is 15.2 Å². The quantitative estimate of drug-likeness (QED) is 0.424. The van der Waals surface area contributed by atoms with E-state index in [0.717, 1.165) is 32.7 Å². The Bertz CT molecular complexity index is 991. The summed E-state index contributed by atoms with van der Waals surface area (Å²) in [5.41, 5.74) is 2.66. The lowest BCUT2D eigenvalue weighted by Crippen LogP contribution is -2.09. The van der Waals surface area contributed by atoms with E-state index in [2.05, 4.69) is 110 Å². The summed E-state index contributed by atoms with van der Waals surface area (Å²) < 4.78 is 2.40. The first-order valence-electron chi connectivity index (χ1n) is 11.0. The molecule has 0 radical (unpaired) electrons. The van der Waals surface area contributed by atoms with Crippen LogP contribution in [0.1, 0.15) is 34.6 Å². The van der Waals surface area contributed by atoms with Gasteiger partial charge in [0.25, 0.3) is 0 Å². The first kappa shape index (κ1) is 22.9. The lowest BCUT2D eigenvalue weighted by molar-refractivity contribution is 0.762. The van der Waals surface area contributed by atoms with E-state index in [0.29, 0.717) is 0 Å². The van der Waals surface area contributed by atoms with Crippen LogP contribution in [0.2, 0.25) is 0 Å². The van der Waals surface area contributed by atoms with Gasteiger partial charge in [-0.3, -0.25) is 0 Å². The van der Waals surface area contributed by atoms with Crippen molar-refractivity contribution in [1.29, 1.82) is 0 Å². The summed E-state index contributed by atoms with van der Waals surface area (Å²) >= 11 is 0. The van der Waals surface area contributed by atoms with E-state index in [-0.39, 0.29) is 0 Å². The summed E-state index contributed by atoms with van der Waals surface area (Å²) in [6.45, 7) is 16.0.